The van der Waals surface area contributed by atoms with E-state index in [1.165, 1.54) is 0 Å². The molecule has 0 aliphatic rings. The van der Waals surface area contributed by atoms with Crippen LogP contribution in [0, 0.1) is 11.8 Å². The molecule has 0 radical (unpaired) electrons. The van der Waals surface area contributed by atoms with Crippen LogP contribution >= 0.6 is 0 Å². The Bertz CT molecular complexity index is 1010. The molecule has 3 N–H and O–H groups in total. The average Bonchev–Trinajstić information content (AvgIpc) is 2.91. The molecule has 198 valence electrons. The van der Waals surface area contributed by atoms with E-state index >= 15 is 0 Å². The second-order valence-electron chi connectivity index (χ2n) is 9.07. The monoisotopic (exact) mass is 506 g/mol. The maximum Gasteiger partial charge on any atom is 0.310 e. The number of allylic oxidation sites excluding steroid dienone is 2. The summed E-state index contributed by atoms with van der Waals surface area (Å²) in [5, 5.41) is 14.7. The zero-order chi connectivity index (χ0) is 27.0. The molecule has 4 atom stereocenters. The number of hydrogen-bond donors (Lipinski definition) is 3. The fourth-order valence-corrected chi connectivity index (χ4v) is 3.92. The van der Waals surface area contributed by atoms with Crippen molar-refractivity contribution in [3.8, 4) is 0 Å². The van der Waals surface area contributed by atoms with E-state index in [0.29, 0.717) is 19.3 Å². The second kappa shape index (κ2) is 16.1. The summed E-state index contributed by atoms with van der Waals surface area (Å²) in [6.45, 7) is 9.02. The van der Waals surface area contributed by atoms with Crippen molar-refractivity contribution < 1.29 is 24.2 Å². The largest absolute Gasteiger partial charge is 0.455 e. The highest BCUT2D eigenvalue weighted by Crippen LogP contribution is 2.22. The predicted molar refractivity (Wildman–Crippen MR) is 144 cm³/mol. The number of esters is 1. The van der Waals surface area contributed by atoms with E-state index in [9.17, 15) is 14.4 Å². The molecule has 0 heterocycles. The molecule has 2 aromatic rings. The number of benzene rings is 2. The lowest BCUT2D eigenvalue weighted by Crippen LogP contribution is -2.40. The van der Waals surface area contributed by atoms with Crippen LogP contribution in [0.2, 0.25) is 0 Å². The first-order chi connectivity index (χ1) is 17.9. The number of carbonyl (C=O) groups is 3. The summed E-state index contributed by atoms with van der Waals surface area (Å²) in [4.78, 5) is 38.5. The van der Waals surface area contributed by atoms with E-state index in [1.54, 1.807) is 19.1 Å². The molecule has 2 rings (SSSR count). The molecule has 0 aliphatic heterocycles. The Balaban J connectivity index is 2.11. The van der Waals surface area contributed by atoms with Crippen molar-refractivity contribution in [3.05, 3.63) is 97.1 Å². The molecule has 2 amide bonds. The third-order valence-corrected chi connectivity index (χ3v) is 5.94. The second-order valence-corrected chi connectivity index (χ2v) is 9.07. The fraction of sp³-hybridized carbons (Fsp3) is 0.367. The molecule has 7 nitrogen and oxygen atoms in total. The Morgan fingerprint density at radius 2 is 1.54 bits per heavy atom. The molecular weight excluding hydrogens is 468 g/mol. The summed E-state index contributed by atoms with van der Waals surface area (Å²) in [7, 11) is 0. The van der Waals surface area contributed by atoms with Gasteiger partial charge in [-0.1, -0.05) is 72.8 Å². The number of amides is 2. The van der Waals surface area contributed by atoms with Crippen molar-refractivity contribution in [2.75, 3.05) is 13.2 Å². The Morgan fingerprint density at radius 3 is 2.14 bits per heavy atom. The third-order valence-electron chi connectivity index (χ3n) is 5.94. The number of rotatable bonds is 16. The smallest absolute Gasteiger partial charge is 0.310 e. The molecule has 7 heteroatoms. The quantitative estimate of drug-likeness (QED) is 0.237. The molecular formula is C30H38N2O5. The number of nitrogens with one attached hydrogen (secondary N) is 2. The van der Waals surface area contributed by atoms with Crippen molar-refractivity contribution in [3.63, 3.8) is 0 Å². The van der Waals surface area contributed by atoms with Crippen molar-refractivity contribution >= 4 is 17.8 Å². The maximum absolute atomic E-state index is 13.2. The van der Waals surface area contributed by atoms with E-state index in [1.807, 2.05) is 60.7 Å². The van der Waals surface area contributed by atoms with Crippen molar-refractivity contribution in [1.29, 1.82) is 0 Å². The van der Waals surface area contributed by atoms with Gasteiger partial charge in [0.1, 0.15) is 6.10 Å². The Kier molecular flexibility index (Phi) is 12.9. The van der Waals surface area contributed by atoms with Crippen LogP contribution in [0.25, 0.3) is 0 Å². The lowest BCUT2D eigenvalue weighted by atomic mass is 9.96. The Morgan fingerprint density at radius 1 is 0.946 bits per heavy atom. The molecule has 0 unspecified atom stereocenters. The van der Waals surface area contributed by atoms with Gasteiger partial charge in [-0.3, -0.25) is 14.4 Å². The summed E-state index contributed by atoms with van der Waals surface area (Å²) in [6.07, 6.45) is 3.83. The van der Waals surface area contributed by atoms with Crippen LogP contribution in [-0.4, -0.2) is 42.1 Å². The van der Waals surface area contributed by atoms with Gasteiger partial charge >= 0.3 is 5.97 Å². The van der Waals surface area contributed by atoms with Crippen LogP contribution < -0.4 is 10.6 Å². The van der Waals surface area contributed by atoms with Gasteiger partial charge in [-0.25, -0.2) is 0 Å². The van der Waals surface area contributed by atoms with Crippen LogP contribution in [0.3, 0.4) is 0 Å². The molecule has 37 heavy (non-hydrogen) atoms. The first-order valence-corrected chi connectivity index (χ1v) is 12.6. The molecule has 0 bridgehead atoms. The van der Waals surface area contributed by atoms with Crippen LogP contribution in [-0.2, 0) is 25.5 Å². The van der Waals surface area contributed by atoms with Crippen LogP contribution in [0.4, 0.5) is 0 Å². The maximum atomic E-state index is 13.2. The minimum Gasteiger partial charge on any atom is -0.455 e. The van der Waals surface area contributed by atoms with Gasteiger partial charge in [-0.15, -0.1) is 13.2 Å². The minimum atomic E-state index is -0.701. The normalized spacial score (nSPS) is 13.9. The van der Waals surface area contributed by atoms with Crippen molar-refractivity contribution in [2.45, 2.75) is 44.8 Å². The number of aliphatic hydroxyl groups excluding tert-OH is 1. The Hall–Kier alpha value is -3.71. The highest BCUT2D eigenvalue weighted by atomic mass is 16.5. The van der Waals surface area contributed by atoms with Crippen molar-refractivity contribution in [2.24, 2.45) is 11.8 Å². The Labute approximate surface area is 219 Å². The van der Waals surface area contributed by atoms with Crippen LogP contribution in [0.15, 0.2) is 86.0 Å². The first-order valence-electron chi connectivity index (χ1n) is 12.6. The average molecular weight is 507 g/mol. The zero-order valence-electron chi connectivity index (χ0n) is 21.5. The van der Waals surface area contributed by atoms with E-state index in [0.717, 1.165) is 11.1 Å². The van der Waals surface area contributed by atoms with Crippen LogP contribution in [0.1, 0.15) is 43.4 Å². The summed E-state index contributed by atoms with van der Waals surface area (Å²) in [5.41, 5.74) is 1.78. The molecule has 0 spiro atoms. The van der Waals surface area contributed by atoms with E-state index in [-0.39, 0.29) is 37.4 Å². The van der Waals surface area contributed by atoms with Gasteiger partial charge in [-0.05, 0) is 37.3 Å². The van der Waals surface area contributed by atoms with Gasteiger partial charge in [-0.2, -0.15) is 0 Å². The summed E-state index contributed by atoms with van der Waals surface area (Å²) in [6, 6.07) is 18.6. The highest BCUT2D eigenvalue weighted by molar-refractivity contribution is 5.86. The number of carbonyl (C=O) groups excluding carboxylic acids is 3. The zero-order valence-corrected chi connectivity index (χ0v) is 21.5. The third kappa shape index (κ3) is 10.4. The summed E-state index contributed by atoms with van der Waals surface area (Å²) < 4.78 is 5.93. The number of ether oxygens (including phenoxy) is 1. The predicted octanol–water partition coefficient (Wildman–Crippen LogP) is 3.90. The van der Waals surface area contributed by atoms with Gasteiger partial charge in [0.05, 0.1) is 25.0 Å². The molecule has 2 aromatic carbocycles. The number of aliphatic hydroxyl groups is 1. The van der Waals surface area contributed by atoms with E-state index in [2.05, 4.69) is 23.8 Å². The van der Waals surface area contributed by atoms with Gasteiger partial charge in [0.25, 0.3) is 0 Å². The lowest BCUT2D eigenvalue weighted by molar-refractivity contribution is -0.154. The van der Waals surface area contributed by atoms with Gasteiger partial charge in [0.2, 0.25) is 11.8 Å². The SMILES string of the molecule is C=CC[C@@H](CC(=O)N[C@H](C)CO)C(=O)NC[C@@H](OC(=O)[C@@H](CC=C)Cc1ccccc1)c1ccccc1. The molecule has 0 aromatic heterocycles. The first kappa shape index (κ1) is 29.5. The summed E-state index contributed by atoms with van der Waals surface area (Å²) in [5.74, 6) is -2.08. The lowest BCUT2D eigenvalue weighted by Gasteiger charge is -2.23. The number of hydrogen-bond acceptors (Lipinski definition) is 5. The van der Waals surface area contributed by atoms with Gasteiger partial charge in [0, 0.05) is 12.5 Å². The molecule has 0 aliphatic carbocycles. The summed E-state index contributed by atoms with van der Waals surface area (Å²) >= 11 is 0. The van der Waals surface area contributed by atoms with E-state index in [4.69, 9.17) is 9.84 Å². The molecule has 0 saturated carbocycles. The van der Waals surface area contributed by atoms with Gasteiger partial charge in [0.15, 0.2) is 0 Å². The fourth-order valence-electron chi connectivity index (χ4n) is 3.92. The highest BCUT2D eigenvalue weighted by Gasteiger charge is 2.26. The molecule has 0 fully saturated rings. The minimum absolute atomic E-state index is 0.0452. The van der Waals surface area contributed by atoms with Crippen molar-refractivity contribution in [1.82, 2.24) is 10.6 Å². The van der Waals surface area contributed by atoms with Gasteiger partial charge < -0.3 is 20.5 Å². The van der Waals surface area contributed by atoms with E-state index < -0.39 is 24.0 Å². The standard InChI is InChI=1S/C30H38N2O5/c1-4-12-25(19-28(34)32-22(3)21-33)29(35)31-20-27(24-16-10-7-11-17-24)37-30(36)26(13-5-2)18-23-14-8-6-9-15-23/h4-11,14-17,22,25-27,33H,1-2,12-13,18-21H2,3H3,(H,31,35)(H,32,34)/t22-,25+,26+,27-/m1/s1. The van der Waals surface area contributed by atoms with Crippen LogP contribution in [0.5, 0.6) is 0 Å². The molecule has 0 saturated heterocycles. The topological polar surface area (TPSA) is 105 Å².